The summed E-state index contributed by atoms with van der Waals surface area (Å²) in [6.45, 7) is 6.54. The number of amides is 2. The van der Waals surface area contributed by atoms with E-state index in [0.717, 1.165) is 27.7 Å². The minimum absolute atomic E-state index is 0.221. The molecule has 0 fully saturated rings. The molecule has 0 unspecified atom stereocenters. The smallest absolute Gasteiger partial charge is 0.324 e. The lowest BCUT2D eigenvalue weighted by atomic mass is 9.92. The van der Waals surface area contributed by atoms with E-state index in [2.05, 4.69) is 51.7 Å². The molecule has 0 aliphatic heterocycles. The number of nitrogens with zero attached hydrogens (tertiary/aromatic N) is 5. The van der Waals surface area contributed by atoms with Crippen LogP contribution in [0.3, 0.4) is 0 Å². The van der Waals surface area contributed by atoms with E-state index in [0.29, 0.717) is 40.5 Å². The molecule has 0 spiro atoms. The van der Waals surface area contributed by atoms with Gasteiger partial charge >= 0.3 is 6.03 Å². The molecular weight excluding hydrogens is 588 g/mol. The fraction of sp³-hybridized carbons (Fsp3) is 0.147. The molecule has 0 aliphatic carbocycles. The van der Waals surface area contributed by atoms with Crippen molar-refractivity contribution < 1.29 is 9.53 Å². The highest BCUT2D eigenvalue weighted by Gasteiger charge is 2.22. The van der Waals surface area contributed by atoms with Gasteiger partial charge in [0.15, 0.2) is 0 Å². The molecule has 0 saturated carbocycles. The second-order valence-electron chi connectivity index (χ2n) is 11.3. The highest BCUT2D eigenvalue weighted by atomic mass is 35.5. The van der Waals surface area contributed by atoms with Gasteiger partial charge in [-0.3, -0.25) is 10.3 Å². The number of hydrogen-bond acceptors (Lipinski definition) is 7. The van der Waals surface area contributed by atoms with Crippen LogP contribution in [0.4, 0.5) is 27.9 Å². The van der Waals surface area contributed by atoms with E-state index in [4.69, 9.17) is 21.4 Å². The maximum atomic E-state index is 13.3. The highest BCUT2D eigenvalue weighted by Crippen LogP contribution is 2.33. The van der Waals surface area contributed by atoms with Gasteiger partial charge < -0.3 is 15.4 Å². The van der Waals surface area contributed by atoms with Crippen LogP contribution in [0.1, 0.15) is 32.0 Å². The van der Waals surface area contributed by atoms with E-state index >= 15 is 0 Å². The summed E-state index contributed by atoms with van der Waals surface area (Å²) in [6, 6.07) is 24.0. The van der Waals surface area contributed by atoms with E-state index in [1.165, 1.54) is 0 Å². The zero-order valence-electron chi connectivity index (χ0n) is 25.0. The molecule has 3 heterocycles. The first-order valence-electron chi connectivity index (χ1n) is 14.3. The van der Waals surface area contributed by atoms with Gasteiger partial charge in [0.05, 0.1) is 23.3 Å². The number of pyridine rings is 1. The predicted molar refractivity (Wildman–Crippen MR) is 178 cm³/mol. The quantitative estimate of drug-likeness (QED) is 0.158. The van der Waals surface area contributed by atoms with Gasteiger partial charge in [-0.1, -0.05) is 56.6 Å². The molecule has 226 valence electrons. The normalized spacial score (nSPS) is 11.3. The van der Waals surface area contributed by atoms with Gasteiger partial charge in [-0.2, -0.15) is 5.10 Å². The van der Waals surface area contributed by atoms with Crippen molar-refractivity contribution in [1.82, 2.24) is 24.7 Å². The van der Waals surface area contributed by atoms with Gasteiger partial charge in [-0.05, 0) is 54.1 Å². The molecule has 0 bridgehead atoms. The first-order chi connectivity index (χ1) is 21.7. The van der Waals surface area contributed by atoms with Crippen molar-refractivity contribution in [2.75, 3.05) is 16.0 Å². The van der Waals surface area contributed by atoms with E-state index < -0.39 is 6.03 Å². The topological polar surface area (TPSA) is 119 Å². The van der Waals surface area contributed by atoms with Crippen molar-refractivity contribution in [2.45, 2.75) is 32.8 Å². The Labute approximate surface area is 265 Å². The van der Waals surface area contributed by atoms with Crippen LogP contribution in [0, 0.1) is 0 Å². The van der Waals surface area contributed by atoms with E-state index in [1.54, 1.807) is 41.6 Å². The lowest BCUT2D eigenvalue weighted by Gasteiger charge is -2.15. The van der Waals surface area contributed by atoms with Crippen molar-refractivity contribution in [3.63, 3.8) is 0 Å². The Kier molecular flexibility index (Phi) is 8.30. The summed E-state index contributed by atoms with van der Waals surface area (Å²) in [4.78, 5) is 26.0. The number of benzene rings is 3. The lowest BCUT2D eigenvalue weighted by Crippen LogP contribution is -2.21. The van der Waals surface area contributed by atoms with Gasteiger partial charge in [0.1, 0.15) is 29.8 Å². The average molecular weight is 619 g/mol. The zero-order chi connectivity index (χ0) is 31.4. The number of nitrogens with one attached hydrogen (secondary N) is 3. The fourth-order valence-corrected chi connectivity index (χ4v) is 4.81. The maximum absolute atomic E-state index is 13.3. The van der Waals surface area contributed by atoms with Gasteiger partial charge in [-0.15, -0.1) is 0 Å². The van der Waals surface area contributed by atoms with Gasteiger partial charge in [0.2, 0.25) is 0 Å². The molecular formula is C34H31ClN8O2. The molecule has 2 amide bonds. The van der Waals surface area contributed by atoms with E-state index in [9.17, 15) is 4.79 Å². The molecule has 10 nitrogen and oxygen atoms in total. The summed E-state index contributed by atoms with van der Waals surface area (Å²) >= 11 is 6.11. The van der Waals surface area contributed by atoms with Crippen LogP contribution in [0.5, 0.6) is 5.75 Å². The molecule has 3 aromatic heterocycles. The number of hydrogen-bond donors (Lipinski definition) is 3. The number of halogens is 1. The Balaban J connectivity index is 1.19. The van der Waals surface area contributed by atoms with E-state index in [-0.39, 0.29) is 5.41 Å². The third-order valence-electron chi connectivity index (χ3n) is 6.96. The second-order valence-corrected chi connectivity index (χ2v) is 11.8. The standard InChI is InChI=1S/C34H31ClN8O2/c1-34(2,3)29-19-32(43(42-29)24-10-8-23(35)9-11-24)41-33(44)39-27-12-13-28(26-7-5-4-6-25(26)27)45-21-22-14-15-37-30(18-22)40-31-20-36-16-17-38-31/h4-20H,21H2,1-3H3,(H,37,38,40)(H2,39,41,44). The number of carbonyl (C=O) groups is 1. The van der Waals surface area contributed by atoms with Crippen molar-refractivity contribution in [2.24, 2.45) is 0 Å². The Bertz CT molecular complexity index is 1950. The molecule has 0 radical (unpaired) electrons. The van der Waals surface area contributed by atoms with Crippen molar-refractivity contribution in [3.05, 3.63) is 120 Å². The minimum Gasteiger partial charge on any atom is -0.488 e. The average Bonchev–Trinajstić information content (AvgIpc) is 3.46. The Morgan fingerprint density at radius 2 is 1.64 bits per heavy atom. The number of aromatic nitrogens is 5. The van der Waals surface area contributed by atoms with Crippen LogP contribution in [0.15, 0.2) is 104 Å². The number of anilines is 4. The van der Waals surface area contributed by atoms with Crippen LogP contribution in [-0.4, -0.2) is 30.8 Å². The fourth-order valence-electron chi connectivity index (χ4n) is 4.68. The highest BCUT2D eigenvalue weighted by molar-refractivity contribution is 6.30. The summed E-state index contributed by atoms with van der Waals surface area (Å²) < 4.78 is 7.95. The van der Waals surface area contributed by atoms with Crippen LogP contribution >= 0.6 is 11.6 Å². The Hall–Kier alpha value is -5.48. The second kappa shape index (κ2) is 12.6. The monoisotopic (exact) mass is 618 g/mol. The third kappa shape index (κ3) is 7.02. The molecule has 6 aromatic rings. The number of urea groups is 1. The van der Waals surface area contributed by atoms with Crippen molar-refractivity contribution >= 4 is 51.5 Å². The first-order valence-corrected chi connectivity index (χ1v) is 14.7. The molecule has 0 atom stereocenters. The summed E-state index contributed by atoms with van der Waals surface area (Å²) in [5.74, 6) is 2.46. The first kappa shape index (κ1) is 29.6. The number of carbonyl (C=O) groups excluding carboxylic acids is 1. The largest absolute Gasteiger partial charge is 0.488 e. The molecule has 0 saturated heterocycles. The molecule has 45 heavy (non-hydrogen) atoms. The summed E-state index contributed by atoms with van der Waals surface area (Å²) in [7, 11) is 0. The van der Waals surface area contributed by atoms with Gasteiger partial charge in [0, 0.05) is 45.9 Å². The van der Waals surface area contributed by atoms with Crippen molar-refractivity contribution in [1.29, 1.82) is 0 Å². The molecule has 6 rings (SSSR count). The maximum Gasteiger partial charge on any atom is 0.324 e. The van der Waals surface area contributed by atoms with Crippen LogP contribution in [0.25, 0.3) is 16.5 Å². The summed E-state index contributed by atoms with van der Waals surface area (Å²) in [5, 5.41) is 16.2. The van der Waals surface area contributed by atoms with Gasteiger partial charge in [-0.25, -0.2) is 19.4 Å². The summed E-state index contributed by atoms with van der Waals surface area (Å²) in [6.07, 6.45) is 6.57. The molecule has 0 aliphatic rings. The SMILES string of the molecule is CC(C)(C)c1cc(NC(=O)Nc2ccc(OCc3ccnc(Nc4cnccn4)c3)c3ccccc23)n(-c2ccc(Cl)cc2)n1. The number of ether oxygens (including phenoxy) is 1. The minimum atomic E-state index is -0.399. The van der Waals surface area contributed by atoms with Crippen LogP contribution in [-0.2, 0) is 12.0 Å². The van der Waals surface area contributed by atoms with Crippen LogP contribution < -0.4 is 20.7 Å². The number of fused-ring (bicyclic) bond motifs is 1. The molecule has 11 heteroatoms. The van der Waals surface area contributed by atoms with Crippen molar-refractivity contribution in [3.8, 4) is 11.4 Å². The third-order valence-corrected chi connectivity index (χ3v) is 7.21. The molecule has 3 aromatic carbocycles. The molecule has 3 N–H and O–H groups in total. The zero-order valence-corrected chi connectivity index (χ0v) is 25.7. The summed E-state index contributed by atoms with van der Waals surface area (Å²) in [5.41, 5.74) is 2.97. The predicted octanol–water partition coefficient (Wildman–Crippen LogP) is 8.13. The van der Waals surface area contributed by atoms with Crippen LogP contribution in [0.2, 0.25) is 5.02 Å². The lowest BCUT2D eigenvalue weighted by molar-refractivity contribution is 0.262. The number of rotatable bonds is 8. The Morgan fingerprint density at radius 1 is 0.867 bits per heavy atom. The Morgan fingerprint density at radius 3 is 2.40 bits per heavy atom. The van der Waals surface area contributed by atoms with E-state index in [1.807, 2.05) is 66.7 Å². The van der Waals surface area contributed by atoms with Gasteiger partial charge in [0.25, 0.3) is 0 Å².